The molecule has 7 nitrogen and oxygen atoms in total. The number of pyridine rings is 1. The maximum Gasteiger partial charge on any atom is 0.410 e. The SMILES string of the molecule is CCN(C(=O)OC(C)(C)C)C1CCN(c2ncc(C(C)C)c(C(C)C)c2C(=O)O)C1. The molecule has 1 aromatic rings. The minimum Gasteiger partial charge on any atom is -0.478 e. The molecule has 1 unspecified atom stereocenters. The number of aromatic carboxylic acids is 1. The molecule has 0 saturated carbocycles. The number of likely N-dealkylation sites (N-methyl/N-ethyl adjacent to an activating group) is 1. The number of carbonyl (C=O) groups is 2. The molecular formula is C23H37N3O4. The van der Waals surface area contributed by atoms with Gasteiger partial charge in [0.15, 0.2) is 0 Å². The van der Waals surface area contributed by atoms with Gasteiger partial charge >= 0.3 is 12.1 Å². The lowest BCUT2D eigenvalue weighted by molar-refractivity contribution is 0.0190. The molecule has 1 saturated heterocycles. The average molecular weight is 420 g/mol. The van der Waals surface area contributed by atoms with Crippen LogP contribution in [0.4, 0.5) is 10.6 Å². The summed E-state index contributed by atoms with van der Waals surface area (Å²) in [5.41, 5.74) is 1.56. The Morgan fingerprint density at radius 1 is 1.27 bits per heavy atom. The molecule has 1 N–H and O–H groups in total. The van der Waals surface area contributed by atoms with Crippen molar-refractivity contribution in [3.63, 3.8) is 0 Å². The first-order valence-corrected chi connectivity index (χ1v) is 10.9. The predicted molar refractivity (Wildman–Crippen MR) is 119 cm³/mol. The molecule has 1 fully saturated rings. The molecule has 1 aliphatic heterocycles. The summed E-state index contributed by atoms with van der Waals surface area (Å²) in [7, 11) is 0. The van der Waals surface area contributed by atoms with Crippen LogP contribution in [0.3, 0.4) is 0 Å². The fraction of sp³-hybridized carbons (Fsp3) is 0.696. The van der Waals surface area contributed by atoms with Crippen LogP contribution >= 0.6 is 0 Å². The van der Waals surface area contributed by atoms with Gasteiger partial charge in [-0.25, -0.2) is 14.6 Å². The van der Waals surface area contributed by atoms with Crippen molar-refractivity contribution < 1.29 is 19.4 Å². The second kappa shape index (κ2) is 9.23. The van der Waals surface area contributed by atoms with Gasteiger partial charge in [-0.05, 0) is 57.1 Å². The van der Waals surface area contributed by atoms with E-state index >= 15 is 0 Å². The van der Waals surface area contributed by atoms with Crippen LogP contribution in [0.2, 0.25) is 0 Å². The molecule has 0 spiro atoms. The van der Waals surface area contributed by atoms with Gasteiger partial charge in [0.1, 0.15) is 17.0 Å². The standard InChI is InChI=1S/C23H37N3O4/c1-9-26(22(29)30-23(6,7)8)16-10-11-25(13-16)20-19(21(27)28)18(15(4)5)17(12-24-20)14(2)3/h12,14-16H,9-11,13H2,1-8H3,(H,27,28). The summed E-state index contributed by atoms with van der Waals surface area (Å²) in [5, 5.41) is 10.0. The zero-order valence-corrected chi connectivity index (χ0v) is 19.7. The van der Waals surface area contributed by atoms with Crippen molar-refractivity contribution >= 4 is 17.9 Å². The van der Waals surface area contributed by atoms with Crippen LogP contribution in [0, 0.1) is 0 Å². The molecule has 2 heterocycles. The van der Waals surface area contributed by atoms with E-state index in [1.54, 1.807) is 4.90 Å². The molecule has 7 heteroatoms. The monoisotopic (exact) mass is 419 g/mol. The quantitative estimate of drug-likeness (QED) is 0.709. The van der Waals surface area contributed by atoms with Crippen molar-refractivity contribution in [2.24, 2.45) is 0 Å². The van der Waals surface area contributed by atoms with E-state index in [0.29, 0.717) is 25.5 Å². The summed E-state index contributed by atoms with van der Waals surface area (Å²) in [4.78, 5) is 33.2. The van der Waals surface area contributed by atoms with Gasteiger partial charge in [-0.15, -0.1) is 0 Å². The summed E-state index contributed by atoms with van der Waals surface area (Å²) in [5.74, 6) is -0.191. The number of carboxylic acids is 1. The van der Waals surface area contributed by atoms with Gasteiger partial charge in [-0.3, -0.25) is 0 Å². The van der Waals surface area contributed by atoms with Crippen LogP contribution in [-0.2, 0) is 4.74 Å². The Bertz CT molecular complexity index is 783. The molecule has 0 bridgehead atoms. The topological polar surface area (TPSA) is 83.0 Å². The predicted octanol–water partition coefficient (Wildman–Crippen LogP) is 4.86. The first kappa shape index (κ1) is 24.0. The number of ether oxygens (including phenoxy) is 1. The van der Waals surface area contributed by atoms with Crippen molar-refractivity contribution in [3.8, 4) is 0 Å². The summed E-state index contributed by atoms with van der Waals surface area (Å²) in [6, 6.07) is -0.0411. The third-order valence-electron chi connectivity index (χ3n) is 5.42. The van der Waals surface area contributed by atoms with Crippen molar-refractivity contribution in [2.75, 3.05) is 24.5 Å². The Kier molecular flexibility index (Phi) is 7.37. The lowest BCUT2D eigenvalue weighted by Crippen LogP contribution is -2.44. The van der Waals surface area contributed by atoms with Crippen LogP contribution in [0.1, 0.15) is 95.1 Å². The van der Waals surface area contributed by atoms with Crippen molar-refractivity contribution in [2.45, 2.75) is 85.3 Å². The van der Waals surface area contributed by atoms with Gasteiger partial charge in [-0.2, -0.15) is 0 Å². The number of hydrogen-bond acceptors (Lipinski definition) is 5. The largest absolute Gasteiger partial charge is 0.478 e. The number of amides is 1. The molecule has 168 valence electrons. The van der Waals surface area contributed by atoms with Crippen LogP contribution in [-0.4, -0.2) is 58.3 Å². The van der Waals surface area contributed by atoms with Crippen LogP contribution in [0.15, 0.2) is 6.20 Å². The van der Waals surface area contributed by atoms with E-state index in [1.807, 2.05) is 52.6 Å². The molecule has 0 aromatic carbocycles. The Morgan fingerprint density at radius 2 is 1.90 bits per heavy atom. The van der Waals surface area contributed by atoms with Crippen molar-refractivity contribution in [1.82, 2.24) is 9.88 Å². The van der Waals surface area contributed by atoms with Crippen molar-refractivity contribution in [1.29, 1.82) is 0 Å². The number of hydrogen-bond donors (Lipinski definition) is 1. The Hall–Kier alpha value is -2.31. The van der Waals surface area contributed by atoms with Gasteiger partial charge in [0.2, 0.25) is 0 Å². The molecule has 2 rings (SSSR count). The Balaban J connectivity index is 2.36. The number of carbonyl (C=O) groups excluding carboxylic acids is 1. The van der Waals surface area contributed by atoms with E-state index in [1.165, 1.54) is 0 Å². The number of rotatable bonds is 6. The van der Waals surface area contributed by atoms with Gasteiger partial charge in [-0.1, -0.05) is 27.7 Å². The maximum absolute atomic E-state index is 12.6. The molecule has 1 aromatic heterocycles. The number of carboxylic acid groups (broad SMARTS) is 1. The lowest BCUT2D eigenvalue weighted by Gasteiger charge is -2.31. The molecule has 30 heavy (non-hydrogen) atoms. The van der Waals surface area contributed by atoms with E-state index in [0.717, 1.165) is 17.5 Å². The fourth-order valence-electron chi connectivity index (χ4n) is 4.11. The third-order valence-corrected chi connectivity index (χ3v) is 5.42. The molecule has 1 amide bonds. The molecule has 0 radical (unpaired) electrons. The van der Waals surface area contributed by atoms with Crippen molar-refractivity contribution in [3.05, 3.63) is 22.9 Å². The second-order valence-corrected chi connectivity index (χ2v) is 9.60. The van der Waals surface area contributed by atoms with Crippen LogP contribution < -0.4 is 4.90 Å². The van der Waals surface area contributed by atoms with E-state index in [-0.39, 0.29) is 29.5 Å². The lowest BCUT2D eigenvalue weighted by atomic mass is 9.88. The third kappa shape index (κ3) is 5.24. The van der Waals surface area contributed by atoms with E-state index in [2.05, 4.69) is 18.8 Å². The zero-order chi connectivity index (χ0) is 22.8. The average Bonchev–Trinajstić information content (AvgIpc) is 3.08. The molecular weight excluding hydrogens is 382 g/mol. The van der Waals surface area contributed by atoms with Crippen LogP contribution in [0.25, 0.3) is 0 Å². The van der Waals surface area contributed by atoms with Gasteiger partial charge in [0.05, 0.1) is 6.04 Å². The smallest absolute Gasteiger partial charge is 0.410 e. The summed E-state index contributed by atoms with van der Waals surface area (Å²) in [6.45, 7) is 17.4. The van der Waals surface area contributed by atoms with Crippen LogP contribution in [0.5, 0.6) is 0 Å². The van der Waals surface area contributed by atoms with E-state index in [4.69, 9.17) is 4.74 Å². The summed E-state index contributed by atoms with van der Waals surface area (Å²) < 4.78 is 5.56. The summed E-state index contributed by atoms with van der Waals surface area (Å²) in [6.07, 6.45) is 2.23. The Labute approximate surface area is 180 Å². The Morgan fingerprint density at radius 3 is 2.37 bits per heavy atom. The highest BCUT2D eigenvalue weighted by Gasteiger charge is 2.35. The molecule has 1 atom stereocenters. The van der Waals surface area contributed by atoms with Gasteiger partial charge in [0.25, 0.3) is 0 Å². The van der Waals surface area contributed by atoms with Gasteiger partial charge < -0.3 is 19.6 Å². The van der Waals surface area contributed by atoms with E-state index < -0.39 is 11.6 Å². The second-order valence-electron chi connectivity index (χ2n) is 9.60. The summed E-state index contributed by atoms with van der Waals surface area (Å²) >= 11 is 0. The highest BCUT2D eigenvalue weighted by Crippen LogP contribution is 2.35. The number of aromatic nitrogens is 1. The number of anilines is 1. The normalized spacial score (nSPS) is 17.0. The maximum atomic E-state index is 12.6. The molecule has 0 aliphatic carbocycles. The number of nitrogens with zero attached hydrogens (tertiary/aromatic N) is 3. The van der Waals surface area contributed by atoms with E-state index in [9.17, 15) is 14.7 Å². The highest BCUT2D eigenvalue weighted by molar-refractivity contribution is 5.96. The fourth-order valence-corrected chi connectivity index (χ4v) is 4.11. The minimum atomic E-state index is -0.952. The first-order chi connectivity index (χ1) is 13.9. The first-order valence-electron chi connectivity index (χ1n) is 10.9. The highest BCUT2D eigenvalue weighted by atomic mass is 16.6. The minimum absolute atomic E-state index is 0.0411. The molecule has 1 aliphatic rings. The van der Waals surface area contributed by atoms with Gasteiger partial charge in [0, 0.05) is 25.8 Å². The zero-order valence-electron chi connectivity index (χ0n) is 19.7.